The molecule has 0 saturated carbocycles. The molecule has 0 spiro atoms. The van der Waals surface area contributed by atoms with Gasteiger partial charge in [-0.3, -0.25) is 0 Å². The van der Waals surface area contributed by atoms with Crippen molar-refractivity contribution >= 4 is 0 Å². The molecule has 1 aliphatic heterocycles. The van der Waals surface area contributed by atoms with E-state index in [1.54, 1.807) is 0 Å². The van der Waals surface area contributed by atoms with Crippen molar-refractivity contribution in [3.63, 3.8) is 0 Å². The highest BCUT2D eigenvalue weighted by atomic mass is 16.5. The minimum absolute atomic E-state index is 0.513. The summed E-state index contributed by atoms with van der Waals surface area (Å²) in [7, 11) is 0. The van der Waals surface area contributed by atoms with Gasteiger partial charge in [-0.25, -0.2) is 0 Å². The van der Waals surface area contributed by atoms with Gasteiger partial charge in [0.2, 0.25) is 0 Å². The third-order valence-electron chi connectivity index (χ3n) is 3.43. The van der Waals surface area contributed by atoms with E-state index in [1.807, 2.05) is 0 Å². The fourth-order valence-corrected chi connectivity index (χ4v) is 2.29. The van der Waals surface area contributed by atoms with Gasteiger partial charge in [-0.1, -0.05) is 39.3 Å². The summed E-state index contributed by atoms with van der Waals surface area (Å²) in [5.41, 5.74) is 0. The average molecular weight is 253 g/mol. The van der Waals surface area contributed by atoms with E-state index < -0.39 is 0 Å². The Hall–Kier alpha value is -0.340. The summed E-state index contributed by atoms with van der Waals surface area (Å²) in [5, 5.41) is 0. The van der Waals surface area contributed by atoms with E-state index in [4.69, 9.17) is 4.74 Å². The van der Waals surface area contributed by atoms with E-state index in [1.165, 1.54) is 51.7 Å². The lowest BCUT2D eigenvalue weighted by Crippen LogP contribution is -2.37. The van der Waals surface area contributed by atoms with Gasteiger partial charge in [-0.05, 0) is 31.6 Å². The molecule has 0 bridgehead atoms. The van der Waals surface area contributed by atoms with Gasteiger partial charge < -0.3 is 9.64 Å². The van der Waals surface area contributed by atoms with E-state index in [-0.39, 0.29) is 0 Å². The topological polar surface area (TPSA) is 12.5 Å². The fourth-order valence-electron chi connectivity index (χ4n) is 2.29. The van der Waals surface area contributed by atoms with Gasteiger partial charge in [0, 0.05) is 26.2 Å². The largest absolute Gasteiger partial charge is 0.378 e. The number of ether oxygens (including phenoxy) is 1. The second-order valence-electron chi connectivity index (χ2n) is 5.82. The van der Waals surface area contributed by atoms with Crippen molar-refractivity contribution < 1.29 is 4.74 Å². The standard InChI is InChI=1S/C16H31NO/c1-4-5-6-7-8-11-17-12-9-16(10-13-17)18-14-15(2)3/h6-7,15-16H,4-5,8-14H2,1-3H3/b7-6+. The predicted octanol–water partition coefficient (Wildman–Crippen LogP) is 3.87. The Balaban J connectivity index is 2.04. The third-order valence-corrected chi connectivity index (χ3v) is 3.43. The second-order valence-corrected chi connectivity index (χ2v) is 5.82. The third kappa shape index (κ3) is 7.17. The molecule has 18 heavy (non-hydrogen) atoms. The number of allylic oxidation sites excluding steroid dienone is 1. The van der Waals surface area contributed by atoms with E-state index >= 15 is 0 Å². The molecule has 0 N–H and O–H groups in total. The van der Waals surface area contributed by atoms with Gasteiger partial charge in [0.15, 0.2) is 0 Å². The number of hydrogen-bond donors (Lipinski definition) is 0. The maximum absolute atomic E-state index is 5.91. The summed E-state index contributed by atoms with van der Waals surface area (Å²) < 4.78 is 5.91. The highest BCUT2D eigenvalue weighted by molar-refractivity contribution is 4.83. The van der Waals surface area contributed by atoms with Crippen molar-refractivity contribution in [3.8, 4) is 0 Å². The van der Waals surface area contributed by atoms with Crippen molar-refractivity contribution in [1.29, 1.82) is 0 Å². The molecule has 2 nitrogen and oxygen atoms in total. The van der Waals surface area contributed by atoms with Crippen LogP contribution in [-0.4, -0.2) is 37.2 Å². The Labute approximate surface area is 113 Å². The van der Waals surface area contributed by atoms with Gasteiger partial charge in [-0.15, -0.1) is 0 Å². The summed E-state index contributed by atoms with van der Waals surface area (Å²) in [4.78, 5) is 2.57. The first-order valence-electron chi connectivity index (χ1n) is 7.71. The van der Waals surface area contributed by atoms with Crippen molar-refractivity contribution in [1.82, 2.24) is 4.90 Å². The first-order chi connectivity index (χ1) is 8.72. The van der Waals surface area contributed by atoms with Gasteiger partial charge >= 0.3 is 0 Å². The minimum atomic E-state index is 0.513. The zero-order valence-electron chi connectivity index (χ0n) is 12.5. The Morgan fingerprint density at radius 1 is 1.17 bits per heavy atom. The molecule has 2 heteroatoms. The lowest BCUT2D eigenvalue weighted by molar-refractivity contribution is -0.00408. The zero-order valence-corrected chi connectivity index (χ0v) is 12.5. The molecule has 0 unspecified atom stereocenters. The first kappa shape index (κ1) is 15.7. The Morgan fingerprint density at radius 3 is 2.44 bits per heavy atom. The number of hydrogen-bond acceptors (Lipinski definition) is 2. The maximum atomic E-state index is 5.91. The Morgan fingerprint density at radius 2 is 1.83 bits per heavy atom. The van der Waals surface area contributed by atoms with Crippen LogP contribution in [0, 0.1) is 5.92 Å². The van der Waals surface area contributed by atoms with Crippen LogP contribution >= 0.6 is 0 Å². The van der Waals surface area contributed by atoms with E-state index in [9.17, 15) is 0 Å². The Kier molecular flexibility index (Phi) is 8.36. The molecule has 1 rings (SSSR count). The highest BCUT2D eigenvalue weighted by Gasteiger charge is 2.18. The van der Waals surface area contributed by atoms with Crippen molar-refractivity contribution in [3.05, 3.63) is 12.2 Å². The van der Waals surface area contributed by atoms with E-state index in [2.05, 4.69) is 37.8 Å². The molecule has 1 aliphatic rings. The summed E-state index contributed by atoms with van der Waals surface area (Å²) in [6, 6.07) is 0. The summed E-state index contributed by atoms with van der Waals surface area (Å²) >= 11 is 0. The highest BCUT2D eigenvalue weighted by Crippen LogP contribution is 2.15. The van der Waals surface area contributed by atoms with Gasteiger partial charge in [0.05, 0.1) is 6.10 Å². The van der Waals surface area contributed by atoms with Crippen LogP contribution in [0.25, 0.3) is 0 Å². The normalized spacial score (nSPS) is 19.1. The van der Waals surface area contributed by atoms with Crippen molar-refractivity contribution in [2.24, 2.45) is 5.92 Å². The lowest BCUT2D eigenvalue weighted by atomic mass is 10.1. The monoisotopic (exact) mass is 253 g/mol. The molecular formula is C16H31NO. The molecule has 0 aromatic heterocycles. The molecule has 0 aromatic carbocycles. The number of unbranched alkanes of at least 4 members (excludes halogenated alkanes) is 1. The number of rotatable bonds is 8. The molecule has 0 aliphatic carbocycles. The van der Waals surface area contributed by atoms with Crippen LogP contribution in [0.15, 0.2) is 12.2 Å². The molecule has 0 amide bonds. The van der Waals surface area contributed by atoms with E-state index in [0.717, 1.165) is 6.61 Å². The second kappa shape index (κ2) is 9.57. The van der Waals surface area contributed by atoms with E-state index in [0.29, 0.717) is 12.0 Å². The quantitative estimate of drug-likeness (QED) is 0.609. The predicted molar refractivity (Wildman–Crippen MR) is 78.9 cm³/mol. The number of likely N-dealkylation sites (tertiary alicyclic amines) is 1. The molecule has 1 fully saturated rings. The summed E-state index contributed by atoms with van der Waals surface area (Å²) in [6.07, 6.45) is 11.3. The lowest BCUT2D eigenvalue weighted by Gasteiger charge is -2.32. The zero-order chi connectivity index (χ0) is 13.2. The van der Waals surface area contributed by atoms with Crippen LogP contribution in [0.2, 0.25) is 0 Å². The SMILES string of the molecule is CCC/C=C/CCN1CCC(OCC(C)C)CC1. The molecular weight excluding hydrogens is 222 g/mol. The molecule has 106 valence electrons. The molecule has 1 saturated heterocycles. The number of piperidine rings is 1. The van der Waals surface area contributed by atoms with Crippen LogP contribution in [0.3, 0.4) is 0 Å². The van der Waals surface area contributed by atoms with Crippen LogP contribution in [0.1, 0.15) is 52.9 Å². The fraction of sp³-hybridized carbons (Fsp3) is 0.875. The number of nitrogens with zero attached hydrogens (tertiary/aromatic N) is 1. The van der Waals surface area contributed by atoms with Crippen molar-refractivity contribution in [2.45, 2.75) is 59.0 Å². The van der Waals surface area contributed by atoms with Crippen molar-refractivity contribution in [2.75, 3.05) is 26.2 Å². The summed E-state index contributed by atoms with van der Waals surface area (Å²) in [5.74, 6) is 0.659. The first-order valence-corrected chi connectivity index (χ1v) is 7.71. The van der Waals surface area contributed by atoms with Gasteiger partial charge in [0.1, 0.15) is 0 Å². The minimum Gasteiger partial charge on any atom is -0.378 e. The van der Waals surface area contributed by atoms with Crippen LogP contribution < -0.4 is 0 Å². The van der Waals surface area contributed by atoms with Crippen LogP contribution in [0.4, 0.5) is 0 Å². The van der Waals surface area contributed by atoms with Crippen LogP contribution in [-0.2, 0) is 4.74 Å². The van der Waals surface area contributed by atoms with Gasteiger partial charge in [-0.2, -0.15) is 0 Å². The maximum Gasteiger partial charge on any atom is 0.0599 e. The summed E-state index contributed by atoms with van der Waals surface area (Å²) in [6.45, 7) is 11.2. The molecule has 0 atom stereocenters. The molecule has 1 heterocycles. The van der Waals surface area contributed by atoms with Gasteiger partial charge in [0.25, 0.3) is 0 Å². The molecule has 0 radical (unpaired) electrons. The molecule has 0 aromatic rings. The Bertz CT molecular complexity index is 217. The van der Waals surface area contributed by atoms with Crippen LogP contribution in [0.5, 0.6) is 0 Å². The smallest absolute Gasteiger partial charge is 0.0599 e. The average Bonchev–Trinajstić information content (AvgIpc) is 2.37.